The van der Waals surface area contributed by atoms with Gasteiger partial charge in [0.2, 0.25) is 5.91 Å². The van der Waals surface area contributed by atoms with Crippen LogP contribution in [0.2, 0.25) is 0 Å². The van der Waals surface area contributed by atoms with Crippen LogP contribution in [0, 0.1) is 0 Å². The van der Waals surface area contributed by atoms with Crippen molar-refractivity contribution in [3.63, 3.8) is 0 Å². The molecule has 6 nitrogen and oxygen atoms in total. The lowest BCUT2D eigenvalue weighted by atomic mass is 9.90. The van der Waals surface area contributed by atoms with E-state index in [4.69, 9.17) is 0 Å². The van der Waals surface area contributed by atoms with Crippen molar-refractivity contribution >= 4 is 11.8 Å². The molecule has 2 heterocycles. The van der Waals surface area contributed by atoms with E-state index in [-0.39, 0.29) is 30.5 Å². The number of amides is 2. The summed E-state index contributed by atoms with van der Waals surface area (Å²) in [4.78, 5) is 22.8. The first-order valence-electron chi connectivity index (χ1n) is 4.89. The van der Waals surface area contributed by atoms with Gasteiger partial charge in [0.1, 0.15) is 5.54 Å². The van der Waals surface area contributed by atoms with E-state index in [0.717, 1.165) is 4.57 Å². The average Bonchev–Trinajstić information content (AvgIpc) is 2.54. The lowest BCUT2D eigenvalue weighted by molar-refractivity contribution is -0.140. The number of rotatable bonds is 1. The molecule has 0 saturated carbocycles. The summed E-state index contributed by atoms with van der Waals surface area (Å²) in [6, 6.07) is 2.59. The van der Waals surface area contributed by atoms with Gasteiger partial charge < -0.3 is 10.2 Å². The van der Waals surface area contributed by atoms with Gasteiger partial charge in [-0.3, -0.25) is 19.5 Å². The van der Waals surface area contributed by atoms with Gasteiger partial charge in [-0.2, -0.15) is 0 Å². The molecule has 1 aliphatic heterocycles. The first-order chi connectivity index (χ1) is 7.45. The van der Waals surface area contributed by atoms with Gasteiger partial charge in [0.05, 0.1) is 0 Å². The molecule has 0 bridgehead atoms. The molecule has 0 spiro atoms. The van der Waals surface area contributed by atoms with Crippen LogP contribution in [0.25, 0.3) is 0 Å². The Balaban J connectivity index is 2.46. The van der Waals surface area contributed by atoms with Gasteiger partial charge in [0.25, 0.3) is 5.91 Å². The average molecular weight is 224 g/mol. The summed E-state index contributed by atoms with van der Waals surface area (Å²) in [5, 5.41) is 21.3. The second kappa shape index (κ2) is 3.26. The molecular formula is C10H12N2O4. The number of imide groups is 1. The Morgan fingerprint density at radius 1 is 1.31 bits per heavy atom. The molecule has 2 amide bonds. The van der Waals surface area contributed by atoms with Crippen molar-refractivity contribution in [2.45, 2.75) is 25.3 Å². The molecule has 2 rings (SSSR count). The van der Waals surface area contributed by atoms with Crippen LogP contribution in [0.4, 0.5) is 0 Å². The van der Waals surface area contributed by atoms with Gasteiger partial charge in [0, 0.05) is 18.6 Å². The van der Waals surface area contributed by atoms with E-state index in [2.05, 4.69) is 5.32 Å². The van der Waals surface area contributed by atoms with Crippen molar-refractivity contribution in [1.29, 1.82) is 0 Å². The number of nitrogens with zero attached hydrogens (tertiary/aromatic N) is 1. The molecule has 0 aliphatic carbocycles. The standard InChI is InChI=1S/C10H12N2O4/c1-10(5-4-6(13)11-9(10)16)12-7(14)2-3-8(12)15/h2-3,14-15H,4-5H2,1H3,(H,11,13,16). The zero-order valence-corrected chi connectivity index (χ0v) is 8.73. The number of aromatic nitrogens is 1. The molecule has 1 atom stereocenters. The van der Waals surface area contributed by atoms with Crippen LogP contribution in [0.1, 0.15) is 19.8 Å². The largest absolute Gasteiger partial charge is 0.494 e. The third-order valence-corrected chi connectivity index (χ3v) is 2.91. The molecule has 1 aromatic heterocycles. The molecular weight excluding hydrogens is 212 g/mol. The van der Waals surface area contributed by atoms with Gasteiger partial charge >= 0.3 is 0 Å². The van der Waals surface area contributed by atoms with Crippen molar-refractivity contribution in [2.24, 2.45) is 0 Å². The maximum absolute atomic E-state index is 11.8. The zero-order chi connectivity index (χ0) is 11.9. The number of piperidine rings is 1. The molecule has 16 heavy (non-hydrogen) atoms. The first-order valence-corrected chi connectivity index (χ1v) is 4.89. The van der Waals surface area contributed by atoms with Crippen molar-refractivity contribution in [3.05, 3.63) is 12.1 Å². The predicted molar refractivity (Wildman–Crippen MR) is 53.8 cm³/mol. The molecule has 3 N–H and O–H groups in total. The minimum atomic E-state index is -1.13. The topological polar surface area (TPSA) is 91.6 Å². The predicted octanol–water partition coefficient (Wildman–Crippen LogP) is 0.0511. The van der Waals surface area contributed by atoms with Crippen LogP contribution in [0.3, 0.4) is 0 Å². The Kier molecular flexibility index (Phi) is 2.15. The molecule has 1 aromatic rings. The number of aromatic hydroxyl groups is 2. The molecule has 1 saturated heterocycles. The maximum Gasteiger partial charge on any atom is 0.252 e. The number of carbonyl (C=O) groups is 2. The fourth-order valence-electron chi connectivity index (χ4n) is 1.93. The Hall–Kier alpha value is -1.98. The molecule has 6 heteroatoms. The smallest absolute Gasteiger partial charge is 0.252 e. The number of hydrogen-bond donors (Lipinski definition) is 3. The van der Waals surface area contributed by atoms with Gasteiger partial charge in [-0.15, -0.1) is 0 Å². The van der Waals surface area contributed by atoms with Gasteiger partial charge in [-0.05, 0) is 13.3 Å². The summed E-state index contributed by atoms with van der Waals surface area (Å²) < 4.78 is 1.12. The minimum Gasteiger partial charge on any atom is -0.494 e. The third kappa shape index (κ3) is 1.34. The van der Waals surface area contributed by atoms with Gasteiger partial charge in [-0.1, -0.05) is 0 Å². The summed E-state index contributed by atoms with van der Waals surface area (Å²) >= 11 is 0. The van der Waals surface area contributed by atoms with E-state index >= 15 is 0 Å². The van der Waals surface area contributed by atoms with E-state index < -0.39 is 11.4 Å². The summed E-state index contributed by atoms with van der Waals surface area (Å²) in [5.41, 5.74) is -1.13. The monoisotopic (exact) mass is 224 g/mol. The van der Waals surface area contributed by atoms with Crippen LogP contribution >= 0.6 is 0 Å². The number of nitrogens with one attached hydrogen (secondary N) is 1. The van der Waals surface area contributed by atoms with Crippen LogP contribution in [0.5, 0.6) is 11.8 Å². The Morgan fingerprint density at radius 3 is 2.38 bits per heavy atom. The second-order valence-electron chi connectivity index (χ2n) is 4.04. The van der Waals surface area contributed by atoms with Crippen molar-refractivity contribution in [1.82, 2.24) is 9.88 Å². The van der Waals surface area contributed by atoms with Crippen molar-refractivity contribution < 1.29 is 19.8 Å². The van der Waals surface area contributed by atoms with E-state index in [9.17, 15) is 19.8 Å². The van der Waals surface area contributed by atoms with E-state index in [0.29, 0.717) is 0 Å². The lowest BCUT2D eigenvalue weighted by Gasteiger charge is -2.33. The number of hydrogen-bond acceptors (Lipinski definition) is 4. The summed E-state index contributed by atoms with van der Waals surface area (Å²) in [6.07, 6.45) is 0.423. The van der Waals surface area contributed by atoms with Crippen LogP contribution in [-0.4, -0.2) is 26.6 Å². The second-order valence-corrected chi connectivity index (χ2v) is 4.04. The highest BCUT2D eigenvalue weighted by Crippen LogP contribution is 2.35. The van der Waals surface area contributed by atoms with Crippen LogP contribution < -0.4 is 5.32 Å². The highest BCUT2D eigenvalue weighted by atomic mass is 16.3. The maximum atomic E-state index is 11.8. The van der Waals surface area contributed by atoms with Gasteiger partial charge in [-0.25, -0.2) is 0 Å². The highest BCUT2D eigenvalue weighted by molar-refractivity contribution is 6.01. The summed E-state index contributed by atoms with van der Waals surface area (Å²) in [5.74, 6) is -1.27. The number of carbonyl (C=O) groups excluding carboxylic acids is 2. The molecule has 86 valence electrons. The molecule has 1 unspecified atom stereocenters. The fraction of sp³-hybridized carbons (Fsp3) is 0.400. The quantitative estimate of drug-likeness (QED) is 0.588. The first kappa shape index (κ1) is 10.5. The lowest BCUT2D eigenvalue weighted by Crippen LogP contribution is -2.52. The van der Waals surface area contributed by atoms with Crippen LogP contribution in [0.15, 0.2) is 12.1 Å². The SMILES string of the molecule is CC1(n2c(O)ccc2O)CCC(=O)NC1=O. The molecule has 0 aromatic carbocycles. The highest BCUT2D eigenvalue weighted by Gasteiger charge is 2.42. The fourth-order valence-corrected chi connectivity index (χ4v) is 1.93. The van der Waals surface area contributed by atoms with E-state index in [1.807, 2.05) is 0 Å². The normalized spacial score (nSPS) is 25.6. The van der Waals surface area contributed by atoms with E-state index in [1.54, 1.807) is 6.92 Å². The minimum absolute atomic E-state index is 0.180. The summed E-state index contributed by atoms with van der Waals surface area (Å²) in [7, 11) is 0. The Bertz CT molecular complexity index is 446. The Labute approximate surface area is 91.5 Å². The molecule has 1 aliphatic rings. The van der Waals surface area contributed by atoms with Crippen molar-refractivity contribution in [2.75, 3.05) is 0 Å². The summed E-state index contributed by atoms with van der Waals surface area (Å²) in [6.45, 7) is 1.56. The molecule has 0 radical (unpaired) electrons. The Morgan fingerprint density at radius 2 is 1.88 bits per heavy atom. The van der Waals surface area contributed by atoms with E-state index in [1.165, 1.54) is 12.1 Å². The van der Waals surface area contributed by atoms with Gasteiger partial charge in [0.15, 0.2) is 11.8 Å². The third-order valence-electron chi connectivity index (χ3n) is 2.91. The molecule has 1 fully saturated rings. The zero-order valence-electron chi connectivity index (χ0n) is 8.73. The van der Waals surface area contributed by atoms with Crippen LogP contribution in [-0.2, 0) is 15.1 Å². The van der Waals surface area contributed by atoms with Crippen molar-refractivity contribution in [3.8, 4) is 11.8 Å².